The van der Waals surface area contributed by atoms with E-state index in [1.807, 2.05) is 16.7 Å². The summed E-state index contributed by atoms with van der Waals surface area (Å²) < 4.78 is 0. The fraction of sp³-hybridized carbons (Fsp3) is 0.682. The SMILES string of the molecule is NC(CC1CCC(N2CCN(c3ccccc3)CC2)CC1)C(=O)N1CCSC1. The standard InChI is InChI=1S/C22H34N4OS/c23-21(22(27)26-14-15-28-17-26)16-18-6-8-20(9-7-18)25-12-10-24(11-13-25)19-4-2-1-3-5-19/h1-5,18,20-21H,6-17,23H2. The van der Waals surface area contributed by atoms with Crippen molar-refractivity contribution in [2.75, 3.05) is 49.3 Å². The molecule has 0 aromatic heterocycles. The van der Waals surface area contributed by atoms with Gasteiger partial charge in [0.2, 0.25) is 5.91 Å². The van der Waals surface area contributed by atoms with Gasteiger partial charge in [-0.1, -0.05) is 18.2 Å². The molecule has 5 nitrogen and oxygen atoms in total. The molecule has 28 heavy (non-hydrogen) atoms. The molecule has 1 aromatic rings. The molecule has 1 amide bonds. The molecule has 2 saturated heterocycles. The highest BCUT2D eigenvalue weighted by atomic mass is 32.2. The summed E-state index contributed by atoms with van der Waals surface area (Å²) in [4.78, 5) is 19.6. The highest BCUT2D eigenvalue weighted by Crippen LogP contribution is 2.31. The quantitative estimate of drug-likeness (QED) is 0.821. The number of nitrogens with zero attached hydrogens (tertiary/aromatic N) is 3. The van der Waals surface area contributed by atoms with Crippen LogP contribution in [0.3, 0.4) is 0 Å². The molecule has 1 aliphatic carbocycles. The van der Waals surface area contributed by atoms with Gasteiger partial charge in [-0.2, -0.15) is 0 Å². The summed E-state index contributed by atoms with van der Waals surface area (Å²) in [5.41, 5.74) is 7.61. The Morgan fingerprint density at radius 3 is 2.39 bits per heavy atom. The molecule has 1 unspecified atom stereocenters. The molecule has 2 N–H and O–H groups in total. The molecule has 6 heteroatoms. The van der Waals surface area contributed by atoms with Crippen LogP contribution >= 0.6 is 11.8 Å². The van der Waals surface area contributed by atoms with Gasteiger partial charge in [-0.3, -0.25) is 9.69 Å². The minimum absolute atomic E-state index is 0.171. The predicted octanol–water partition coefficient (Wildman–Crippen LogP) is 2.62. The second kappa shape index (κ2) is 9.51. The van der Waals surface area contributed by atoms with Gasteiger partial charge in [0.05, 0.1) is 11.9 Å². The Labute approximate surface area is 173 Å². The van der Waals surface area contributed by atoms with Gasteiger partial charge in [-0.05, 0) is 50.2 Å². The molecule has 0 bridgehead atoms. The van der Waals surface area contributed by atoms with Crippen LogP contribution in [-0.4, -0.2) is 72.1 Å². The van der Waals surface area contributed by atoms with Crippen molar-refractivity contribution in [3.63, 3.8) is 0 Å². The van der Waals surface area contributed by atoms with Crippen LogP contribution in [0.15, 0.2) is 30.3 Å². The molecule has 3 aliphatic rings. The van der Waals surface area contributed by atoms with Crippen LogP contribution in [0.1, 0.15) is 32.1 Å². The number of thioether (sulfide) groups is 1. The van der Waals surface area contributed by atoms with Gasteiger partial charge in [-0.15, -0.1) is 11.8 Å². The highest BCUT2D eigenvalue weighted by molar-refractivity contribution is 7.99. The third-order valence-electron chi connectivity index (χ3n) is 6.74. The number of anilines is 1. The molecular weight excluding hydrogens is 368 g/mol. The van der Waals surface area contributed by atoms with E-state index in [0.717, 1.165) is 56.8 Å². The monoisotopic (exact) mass is 402 g/mol. The summed E-state index contributed by atoms with van der Waals surface area (Å²) in [6, 6.07) is 11.2. The summed E-state index contributed by atoms with van der Waals surface area (Å²) in [6.45, 7) is 5.44. The summed E-state index contributed by atoms with van der Waals surface area (Å²) in [5.74, 6) is 2.68. The summed E-state index contributed by atoms with van der Waals surface area (Å²) in [5, 5.41) is 0. The lowest BCUT2D eigenvalue weighted by Gasteiger charge is -2.43. The lowest BCUT2D eigenvalue weighted by molar-refractivity contribution is -0.131. The molecule has 0 radical (unpaired) electrons. The first-order valence-corrected chi connectivity index (χ1v) is 12.0. The molecule has 154 valence electrons. The summed E-state index contributed by atoms with van der Waals surface area (Å²) in [6.07, 6.45) is 5.83. The van der Waals surface area contributed by atoms with Crippen LogP contribution < -0.4 is 10.6 Å². The Balaban J connectivity index is 1.19. The Bertz CT molecular complexity index is 621. The van der Waals surface area contributed by atoms with Crippen molar-refractivity contribution in [1.29, 1.82) is 0 Å². The number of rotatable bonds is 5. The van der Waals surface area contributed by atoms with Crippen LogP contribution in [0.25, 0.3) is 0 Å². The number of carbonyl (C=O) groups excluding carboxylic acids is 1. The van der Waals surface area contributed by atoms with Gasteiger partial charge in [0.25, 0.3) is 0 Å². The van der Waals surface area contributed by atoms with Crippen LogP contribution in [0.2, 0.25) is 0 Å². The topological polar surface area (TPSA) is 52.8 Å². The maximum absolute atomic E-state index is 12.5. The van der Waals surface area contributed by atoms with E-state index in [1.54, 1.807) is 0 Å². The van der Waals surface area contributed by atoms with Gasteiger partial charge in [0.1, 0.15) is 0 Å². The molecular formula is C22H34N4OS. The van der Waals surface area contributed by atoms with Crippen molar-refractivity contribution >= 4 is 23.4 Å². The molecule has 3 fully saturated rings. The maximum atomic E-state index is 12.5. The molecule has 1 aromatic carbocycles. The smallest absolute Gasteiger partial charge is 0.240 e. The molecule has 2 heterocycles. The number of benzene rings is 1. The number of hydrogen-bond acceptors (Lipinski definition) is 5. The largest absolute Gasteiger partial charge is 0.369 e. The molecule has 1 saturated carbocycles. The zero-order valence-electron chi connectivity index (χ0n) is 16.8. The number of carbonyl (C=O) groups is 1. The first-order valence-electron chi connectivity index (χ1n) is 10.9. The van der Waals surface area contributed by atoms with E-state index >= 15 is 0 Å². The van der Waals surface area contributed by atoms with Gasteiger partial charge in [0.15, 0.2) is 0 Å². The lowest BCUT2D eigenvalue weighted by atomic mass is 9.81. The number of piperazine rings is 1. The second-order valence-electron chi connectivity index (χ2n) is 8.51. The summed E-state index contributed by atoms with van der Waals surface area (Å²) in [7, 11) is 0. The fourth-order valence-electron chi connectivity index (χ4n) is 5.01. The van der Waals surface area contributed by atoms with Crippen molar-refractivity contribution in [1.82, 2.24) is 9.80 Å². The predicted molar refractivity (Wildman–Crippen MR) is 118 cm³/mol. The Hall–Kier alpha value is -1.24. The number of para-hydroxylation sites is 1. The van der Waals surface area contributed by atoms with E-state index < -0.39 is 0 Å². The Morgan fingerprint density at radius 2 is 1.75 bits per heavy atom. The van der Waals surface area contributed by atoms with Crippen LogP contribution in [0.5, 0.6) is 0 Å². The molecule has 4 rings (SSSR count). The van der Waals surface area contributed by atoms with Crippen molar-refractivity contribution in [2.45, 2.75) is 44.2 Å². The normalized spacial score (nSPS) is 27.8. The molecule has 2 aliphatic heterocycles. The van der Waals surface area contributed by atoms with E-state index in [9.17, 15) is 4.79 Å². The first kappa shape index (κ1) is 20.0. The summed E-state index contributed by atoms with van der Waals surface area (Å²) >= 11 is 1.83. The van der Waals surface area contributed by atoms with Crippen LogP contribution in [0.4, 0.5) is 5.69 Å². The Kier molecular flexibility index (Phi) is 6.81. The number of amides is 1. The van der Waals surface area contributed by atoms with Gasteiger partial charge in [-0.25, -0.2) is 0 Å². The number of hydrogen-bond donors (Lipinski definition) is 1. The van der Waals surface area contributed by atoms with E-state index in [4.69, 9.17) is 5.73 Å². The van der Waals surface area contributed by atoms with Crippen molar-refractivity contribution in [2.24, 2.45) is 11.7 Å². The van der Waals surface area contributed by atoms with E-state index in [1.165, 1.54) is 31.4 Å². The fourth-order valence-corrected chi connectivity index (χ4v) is 5.97. The highest BCUT2D eigenvalue weighted by Gasteiger charge is 2.31. The lowest BCUT2D eigenvalue weighted by Crippen LogP contribution is -2.51. The van der Waals surface area contributed by atoms with Crippen LogP contribution in [0, 0.1) is 5.92 Å². The van der Waals surface area contributed by atoms with E-state index in [0.29, 0.717) is 5.92 Å². The third kappa shape index (κ3) is 4.84. The van der Waals surface area contributed by atoms with Crippen LogP contribution in [-0.2, 0) is 4.79 Å². The first-order chi connectivity index (χ1) is 13.7. The Morgan fingerprint density at radius 1 is 1.04 bits per heavy atom. The minimum Gasteiger partial charge on any atom is -0.369 e. The second-order valence-corrected chi connectivity index (χ2v) is 9.59. The van der Waals surface area contributed by atoms with Gasteiger partial charge >= 0.3 is 0 Å². The average Bonchev–Trinajstić information content (AvgIpc) is 3.29. The van der Waals surface area contributed by atoms with Gasteiger partial charge in [0, 0.05) is 50.2 Å². The van der Waals surface area contributed by atoms with E-state index in [-0.39, 0.29) is 11.9 Å². The zero-order chi connectivity index (χ0) is 19.3. The average molecular weight is 403 g/mol. The third-order valence-corrected chi connectivity index (χ3v) is 7.70. The van der Waals surface area contributed by atoms with Crippen molar-refractivity contribution in [3.8, 4) is 0 Å². The number of nitrogens with two attached hydrogens (primary N) is 1. The minimum atomic E-state index is -0.297. The van der Waals surface area contributed by atoms with Crippen molar-refractivity contribution < 1.29 is 4.79 Å². The molecule has 1 atom stereocenters. The van der Waals surface area contributed by atoms with Crippen molar-refractivity contribution in [3.05, 3.63) is 30.3 Å². The molecule has 0 spiro atoms. The van der Waals surface area contributed by atoms with Gasteiger partial charge < -0.3 is 15.5 Å². The zero-order valence-corrected chi connectivity index (χ0v) is 17.7. The van der Waals surface area contributed by atoms with E-state index in [2.05, 4.69) is 40.1 Å². The maximum Gasteiger partial charge on any atom is 0.240 e.